The van der Waals surface area contributed by atoms with Crippen LogP contribution in [0.5, 0.6) is 0 Å². The van der Waals surface area contributed by atoms with Gasteiger partial charge < -0.3 is 10.1 Å². The van der Waals surface area contributed by atoms with Crippen molar-refractivity contribution in [2.75, 3.05) is 25.1 Å². The van der Waals surface area contributed by atoms with Crippen molar-refractivity contribution in [2.24, 2.45) is 0 Å². The second-order valence-corrected chi connectivity index (χ2v) is 3.33. The standard InChI is InChI=1S/C11H12F3N3O/c1-2-18-6-5-16-10-8(7-15)3-4-9(17-10)11(12,13)14/h3-4H,2,5-6H2,1H3,(H,16,17). The number of halogens is 3. The molecule has 0 bridgehead atoms. The summed E-state index contributed by atoms with van der Waals surface area (Å²) in [5.41, 5.74) is -0.958. The van der Waals surface area contributed by atoms with Crippen LogP contribution in [0.1, 0.15) is 18.2 Å². The fourth-order valence-corrected chi connectivity index (χ4v) is 1.23. The van der Waals surface area contributed by atoms with Gasteiger partial charge in [-0.3, -0.25) is 0 Å². The number of hydrogen-bond donors (Lipinski definition) is 1. The molecule has 1 aromatic heterocycles. The molecule has 0 spiro atoms. The van der Waals surface area contributed by atoms with E-state index in [1.165, 1.54) is 0 Å². The average molecular weight is 259 g/mol. The van der Waals surface area contributed by atoms with Gasteiger partial charge >= 0.3 is 6.18 Å². The molecule has 1 aromatic rings. The summed E-state index contributed by atoms with van der Waals surface area (Å²) in [6, 6.07) is 3.66. The summed E-state index contributed by atoms with van der Waals surface area (Å²) in [6.45, 7) is 2.95. The van der Waals surface area contributed by atoms with Crippen molar-refractivity contribution in [1.82, 2.24) is 4.98 Å². The molecule has 0 saturated heterocycles. The minimum Gasteiger partial charge on any atom is -0.380 e. The minimum atomic E-state index is -4.52. The Balaban J connectivity index is 2.83. The van der Waals surface area contributed by atoms with E-state index >= 15 is 0 Å². The molecule has 1 N–H and O–H groups in total. The van der Waals surface area contributed by atoms with Crippen LogP contribution >= 0.6 is 0 Å². The van der Waals surface area contributed by atoms with Crippen LogP contribution in [0.15, 0.2) is 12.1 Å². The predicted molar refractivity (Wildman–Crippen MR) is 58.9 cm³/mol. The maximum absolute atomic E-state index is 12.4. The molecule has 1 heterocycles. The summed E-state index contributed by atoms with van der Waals surface area (Å²) in [4.78, 5) is 3.40. The second kappa shape index (κ2) is 6.21. The van der Waals surface area contributed by atoms with E-state index in [1.54, 1.807) is 6.07 Å². The lowest BCUT2D eigenvalue weighted by Crippen LogP contribution is -2.14. The van der Waals surface area contributed by atoms with Crippen LogP contribution < -0.4 is 5.32 Å². The zero-order chi connectivity index (χ0) is 13.6. The number of rotatable bonds is 5. The maximum Gasteiger partial charge on any atom is 0.433 e. The first kappa shape index (κ1) is 14.3. The number of pyridine rings is 1. The molecule has 0 fully saturated rings. The molecule has 98 valence electrons. The van der Waals surface area contributed by atoms with Crippen molar-refractivity contribution in [2.45, 2.75) is 13.1 Å². The number of nitrogens with one attached hydrogen (secondary N) is 1. The van der Waals surface area contributed by atoms with Crippen LogP contribution in [-0.4, -0.2) is 24.7 Å². The molecule has 0 atom stereocenters. The van der Waals surface area contributed by atoms with E-state index < -0.39 is 11.9 Å². The number of nitriles is 1. The van der Waals surface area contributed by atoms with Gasteiger partial charge in [0, 0.05) is 13.2 Å². The molecule has 0 aliphatic carbocycles. The molecule has 0 amide bonds. The van der Waals surface area contributed by atoms with Crippen molar-refractivity contribution in [3.8, 4) is 6.07 Å². The Bertz CT molecular complexity index is 440. The Morgan fingerprint density at radius 2 is 2.17 bits per heavy atom. The van der Waals surface area contributed by atoms with Gasteiger partial charge in [-0.05, 0) is 19.1 Å². The van der Waals surface area contributed by atoms with Crippen LogP contribution in [0.4, 0.5) is 19.0 Å². The van der Waals surface area contributed by atoms with Gasteiger partial charge in [-0.1, -0.05) is 0 Å². The van der Waals surface area contributed by atoms with Crippen LogP contribution in [0.25, 0.3) is 0 Å². The molecule has 1 rings (SSSR count). The van der Waals surface area contributed by atoms with Gasteiger partial charge in [-0.15, -0.1) is 0 Å². The van der Waals surface area contributed by atoms with E-state index in [-0.39, 0.29) is 17.9 Å². The number of aromatic nitrogens is 1. The topological polar surface area (TPSA) is 57.9 Å². The molecule has 0 unspecified atom stereocenters. The van der Waals surface area contributed by atoms with Crippen molar-refractivity contribution < 1.29 is 17.9 Å². The molecule has 0 aromatic carbocycles. The molecule has 4 nitrogen and oxygen atoms in total. The predicted octanol–water partition coefficient (Wildman–Crippen LogP) is 2.42. The molecular weight excluding hydrogens is 247 g/mol. The fraction of sp³-hybridized carbons (Fsp3) is 0.455. The highest BCUT2D eigenvalue weighted by atomic mass is 19.4. The van der Waals surface area contributed by atoms with Gasteiger partial charge in [0.1, 0.15) is 17.6 Å². The Morgan fingerprint density at radius 3 is 2.72 bits per heavy atom. The smallest absolute Gasteiger partial charge is 0.380 e. The Hall–Kier alpha value is -1.81. The van der Waals surface area contributed by atoms with Crippen LogP contribution in [-0.2, 0) is 10.9 Å². The van der Waals surface area contributed by atoms with Gasteiger partial charge in [0.15, 0.2) is 0 Å². The third-order valence-electron chi connectivity index (χ3n) is 2.05. The van der Waals surface area contributed by atoms with Crippen LogP contribution in [0.3, 0.4) is 0 Å². The zero-order valence-corrected chi connectivity index (χ0v) is 9.71. The third-order valence-corrected chi connectivity index (χ3v) is 2.05. The van der Waals surface area contributed by atoms with Crippen molar-refractivity contribution in [1.29, 1.82) is 5.26 Å². The molecule has 18 heavy (non-hydrogen) atoms. The van der Waals surface area contributed by atoms with E-state index in [0.717, 1.165) is 12.1 Å². The summed E-state index contributed by atoms with van der Waals surface area (Å²) in [7, 11) is 0. The second-order valence-electron chi connectivity index (χ2n) is 3.33. The van der Waals surface area contributed by atoms with E-state index in [4.69, 9.17) is 10.00 Å². The molecule has 0 aliphatic heterocycles. The van der Waals surface area contributed by atoms with E-state index in [2.05, 4.69) is 10.3 Å². The number of hydrogen-bond acceptors (Lipinski definition) is 4. The van der Waals surface area contributed by atoms with Gasteiger partial charge in [-0.2, -0.15) is 18.4 Å². The van der Waals surface area contributed by atoms with Gasteiger partial charge in [0.2, 0.25) is 0 Å². The molecule has 0 radical (unpaired) electrons. The summed E-state index contributed by atoms with van der Waals surface area (Å²) in [5.74, 6) is -0.0768. The Morgan fingerprint density at radius 1 is 1.44 bits per heavy atom. The molecule has 0 saturated carbocycles. The zero-order valence-electron chi connectivity index (χ0n) is 9.71. The van der Waals surface area contributed by atoms with Gasteiger partial charge in [0.25, 0.3) is 0 Å². The first-order chi connectivity index (χ1) is 8.49. The highest BCUT2D eigenvalue weighted by molar-refractivity contribution is 5.52. The summed E-state index contributed by atoms with van der Waals surface area (Å²) in [5, 5.41) is 11.4. The summed E-state index contributed by atoms with van der Waals surface area (Å²) < 4.78 is 42.4. The molecule has 0 aliphatic rings. The Labute approximate surface area is 102 Å². The lowest BCUT2D eigenvalue weighted by molar-refractivity contribution is -0.141. The van der Waals surface area contributed by atoms with Crippen LogP contribution in [0, 0.1) is 11.3 Å². The number of nitrogens with zero attached hydrogens (tertiary/aromatic N) is 2. The molecular formula is C11H12F3N3O. The monoisotopic (exact) mass is 259 g/mol. The minimum absolute atomic E-state index is 0.0690. The van der Waals surface area contributed by atoms with Gasteiger partial charge in [0.05, 0.1) is 12.2 Å². The highest BCUT2D eigenvalue weighted by Crippen LogP contribution is 2.29. The van der Waals surface area contributed by atoms with Crippen molar-refractivity contribution in [3.63, 3.8) is 0 Å². The van der Waals surface area contributed by atoms with E-state index in [1.807, 2.05) is 6.92 Å². The molecule has 7 heteroatoms. The van der Waals surface area contributed by atoms with E-state index in [0.29, 0.717) is 13.2 Å². The lowest BCUT2D eigenvalue weighted by Gasteiger charge is -2.11. The maximum atomic E-state index is 12.4. The SMILES string of the molecule is CCOCCNc1nc(C(F)(F)F)ccc1C#N. The average Bonchev–Trinajstić information content (AvgIpc) is 2.33. The fourth-order valence-electron chi connectivity index (χ4n) is 1.23. The first-order valence-electron chi connectivity index (χ1n) is 5.29. The summed E-state index contributed by atoms with van der Waals surface area (Å²) >= 11 is 0. The number of alkyl halides is 3. The number of ether oxygens (including phenoxy) is 1. The highest BCUT2D eigenvalue weighted by Gasteiger charge is 2.33. The largest absolute Gasteiger partial charge is 0.433 e. The quantitative estimate of drug-likeness (QED) is 0.825. The van der Waals surface area contributed by atoms with E-state index in [9.17, 15) is 13.2 Å². The first-order valence-corrected chi connectivity index (χ1v) is 5.29. The summed E-state index contributed by atoms with van der Waals surface area (Å²) in [6.07, 6.45) is -4.52. The van der Waals surface area contributed by atoms with Crippen molar-refractivity contribution >= 4 is 5.82 Å². The van der Waals surface area contributed by atoms with Gasteiger partial charge in [-0.25, -0.2) is 4.98 Å². The normalized spacial score (nSPS) is 11.1. The third kappa shape index (κ3) is 3.89. The van der Waals surface area contributed by atoms with Crippen LogP contribution in [0.2, 0.25) is 0 Å². The lowest BCUT2D eigenvalue weighted by atomic mass is 10.2. The van der Waals surface area contributed by atoms with Crippen molar-refractivity contribution in [3.05, 3.63) is 23.4 Å². The number of anilines is 1. The Kier molecular flexibility index (Phi) is 4.92.